The van der Waals surface area contributed by atoms with Gasteiger partial charge in [0.05, 0.1) is 14.2 Å². The minimum Gasteiger partial charge on any atom is -0.493 e. The number of nitrogens with one attached hydrogen (secondary N) is 2. The quantitative estimate of drug-likeness (QED) is 0.794. The molecule has 9 heteroatoms. The summed E-state index contributed by atoms with van der Waals surface area (Å²) in [6.45, 7) is -0.0960. The van der Waals surface area contributed by atoms with Crippen LogP contribution in [0.2, 0.25) is 0 Å². The van der Waals surface area contributed by atoms with Crippen LogP contribution in [0.25, 0.3) is 0 Å². The zero-order valence-corrected chi connectivity index (χ0v) is 15.1. The molecule has 0 radical (unpaired) electrons. The van der Waals surface area contributed by atoms with Crippen LogP contribution in [-0.4, -0.2) is 45.4 Å². The third kappa shape index (κ3) is 5.34. The lowest BCUT2D eigenvalue weighted by atomic mass is 9.99. The second kappa shape index (κ2) is 9.62. The number of alkyl halides is 2. The van der Waals surface area contributed by atoms with Crippen LogP contribution >= 0.6 is 12.4 Å². The lowest BCUT2D eigenvalue weighted by Gasteiger charge is -2.30. The molecule has 6 nitrogen and oxygen atoms in total. The molecule has 2 unspecified atom stereocenters. The molecular formula is C16H23ClF2N2O4. The molecule has 1 aliphatic heterocycles. The van der Waals surface area contributed by atoms with Crippen molar-refractivity contribution in [2.24, 2.45) is 0 Å². The summed E-state index contributed by atoms with van der Waals surface area (Å²) in [5.41, 5.74) is 0.253. The van der Waals surface area contributed by atoms with Gasteiger partial charge in [0.25, 0.3) is 5.91 Å². The average Bonchev–Trinajstić information content (AvgIpc) is 2.56. The van der Waals surface area contributed by atoms with Gasteiger partial charge in [0, 0.05) is 17.6 Å². The molecule has 1 aromatic carbocycles. The highest BCUT2D eigenvalue weighted by molar-refractivity contribution is 5.95. The first-order valence-corrected chi connectivity index (χ1v) is 7.71. The summed E-state index contributed by atoms with van der Waals surface area (Å²) < 4.78 is 39.6. The second-order valence-electron chi connectivity index (χ2n) is 5.55. The molecule has 1 amide bonds. The van der Waals surface area contributed by atoms with Gasteiger partial charge >= 0.3 is 6.61 Å². The number of hydrogen-bond acceptors (Lipinski definition) is 5. The van der Waals surface area contributed by atoms with E-state index in [1.165, 1.54) is 26.4 Å². The maximum Gasteiger partial charge on any atom is 0.387 e. The van der Waals surface area contributed by atoms with Crippen molar-refractivity contribution in [2.45, 2.75) is 38.5 Å². The molecule has 1 aliphatic rings. The summed E-state index contributed by atoms with van der Waals surface area (Å²) in [7, 11) is 2.61. The van der Waals surface area contributed by atoms with Gasteiger partial charge in [-0.05, 0) is 38.4 Å². The Bertz CT molecular complexity index is 564. The van der Waals surface area contributed by atoms with Gasteiger partial charge in [-0.25, -0.2) is 0 Å². The minimum atomic E-state index is -3.03. The summed E-state index contributed by atoms with van der Waals surface area (Å²) in [6, 6.07) is 2.88. The van der Waals surface area contributed by atoms with Crippen molar-refractivity contribution in [2.75, 3.05) is 20.8 Å². The van der Waals surface area contributed by atoms with E-state index in [1.807, 2.05) is 6.92 Å². The summed E-state index contributed by atoms with van der Waals surface area (Å²) in [4.78, 5) is 12.5. The maximum atomic E-state index is 12.5. The van der Waals surface area contributed by atoms with E-state index in [-0.39, 0.29) is 53.2 Å². The minimum absolute atomic E-state index is 0. The summed E-state index contributed by atoms with van der Waals surface area (Å²) in [5.74, 6) is -0.542. The Balaban J connectivity index is 0.00000312. The molecule has 1 saturated heterocycles. The number of ether oxygens (including phenoxy) is 3. The van der Waals surface area contributed by atoms with Gasteiger partial charge in [0.2, 0.25) is 5.75 Å². The van der Waals surface area contributed by atoms with Gasteiger partial charge < -0.3 is 24.8 Å². The molecule has 1 fully saturated rings. The third-order valence-electron chi connectivity index (χ3n) is 4.01. The third-order valence-corrected chi connectivity index (χ3v) is 4.01. The molecule has 1 heterocycles. The summed E-state index contributed by atoms with van der Waals surface area (Å²) in [5, 5.41) is 6.24. The normalized spacial score (nSPS) is 19.8. The lowest BCUT2D eigenvalue weighted by molar-refractivity contribution is -0.0526. The van der Waals surface area contributed by atoms with Crippen LogP contribution in [-0.2, 0) is 0 Å². The van der Waals surface area contributed by atoms with Crippen LogP contribution in [0.15, 0.2) is 12.1 Å². The van der Waals surface area contributed by atoms with E-state index in [4.69, 9.17) is 9.47 Å². The lowest BCUT2D eigenvalue weighted by Crippen LogP contribution is -2.51. The van der Waals surface area contributed by atoms with Crippen LogP contribution in [0.3, 0.4) is 0 Å². The Morgan fingerprint density at radius 3 is 2.36 bits per heavy atom. The highest BCUT2D eigenvalue weighted by Crippen LogP contribution is 2.39. The molecule has 0 spiro atoms. The molecule has 2 atom stereocenters. The zero-order valence-electron chi connectivity index (χ0n) is 14.3. The van der Waals surface area contributed by atoms with Crippen molar-refractivity contribution in [1.29, 1.82) is 0 Å². The maximum absolute atomic E-state index is 12.5. The van der Waals surface area contributed by atoms with Crippen LogP contribution in [0.5, 0.6) is 17.2 Å². The van der Waals surface area contributed by atoms with Crippen molar-refractivity contribution in [1.82, 2.24) is 10.6 Å². The molecule has 2 N–H and O–H groups in total. The van der Waals surface area contributed by atoms with Gasteiger partial charge in [-0.15, -0.1) is 12.4 Å². The molecule has 0 aliphatic carbocycles. The topological polar surface area (TPSA) is 68.8 Å². The fraction of sp³-hybridized carbons (Fsp3) is 0.562. The fourth-order valence-electron chi connectivity index (χ4n) is 2.71. The predicted octanol–water partition coefficient (Wildman–Crippen LogP) is 2.60. The van der Waals surface area contributed by atoms with Crippen LogP contribution in [0, 0.1) is 0 Å². The summed E-state index contributed by atoms with van der Waals surface area (Å²) >= 11 is 0. The Hall–Kier alpha value is -1.80. The van der Waals surface area contributed by atoms with E-state index in [1.54, 1.807) is 0 Å². The number of methoxy groups -OCH3 is 2. The largest absolute Gasteiger partial charge is 0.493 e. The Labute approximate surface area is 151 Å². The number of halogens is 3. The number of benzene rings is 1. The molecule has 0 aromatic heterocycles. The molecular weight excluding hydrogens is 358 g/mol. The molecule has 142 valence electrons. The van der Waals surface area contributed by atoms with E-state index in [0.29, 0.717) is 0 Å². The predicted molar refractivity (Wildman–Crippen MR) is 91.4 cm³/mol. The second-order valence-corrected chi connectivity index (χ2v) is 5.55. The fourth-order valence-corrected chi connectivity index (χ4v) is 2.71. The molecule has 0 bridgehead atoms. The summed E-state index contributed by atoms with van der Waals surface area (Å²) in [6.07, 6.45) is 1.85. The van der Waals surface area contributed by atoms with E-state index < -0.39 is 6.61 Å². The van der Waals surface area contributed by atoms with Crippen LogP contribution < -0.4 is 24.8 Å². The van der Waals surface area contributed by atoms with Crippen molar-refractivity contribution < 1.29 is 27.8 Å². The first kappa shape index (κ1) is 21.2. The SMILES string of the molecule is COc1cc(C(=O)NC2CCCNC2C)cc(OC)c1OC(F)F.Cl. The van der Waals surface area contributed by atoms with Gasteiger partial charge in [-0.3, -0.25) is 4.79 Å². The average molecular weight is 381 g/mol. The zero-order chi connectivity index (χ0) is 17.7. The molecule has 1 aromatic rings. The first-order chi connectivity index (χ1) is 11.5. The standard InChI is InChI=1S/C16H22F2N2O4.ClH/c1-9-11(5-4-6-19-9)20-15(21)10-7-12(22-2)14(24-16(17)18)13(8-10)23-3;/h7-9,11,16,19H,4-6H2,1-3H3,(H,20,21);1H. The highest BCUT2D eigenvalue weighted by atomic mass is 35.5. The monoisotopic (exact) mass is 380 g/mol. The molecule has 25 heavy (non-hydrogen) atoms. The van der Waals surface area contributed by atoms with Gasteiger partial charge in [-0.2, -0.15) is 8.78 Å². The van der Waals surface area contributed by atoms with Gasteiger partial charge in [0.15, 0.2) is 11.5 Å². The Morgan fingerprint density at radius 2 is 1.88 bits per heavy atom. The van der Waals surface area contributed by atoms with E-state index in [9.17, 15) is 13.6 Å². The van der Waals surface area contributed by atoms with Gasteiger partial charge in [-0.1, -0.05) is 0 Å². The number of amides is 1. The Kier molecular flexibility index (Phi) is 8.18. The smallest absolute Gasteiger partial charge is 0.387 e. The molecule has 2 rings (SSSR count). The van der Waals surface area contributed by atoms with Crippen LogP contribution in [0.1, 0.15) is 30.1 Å². The van der Waals surface area contributed by atoms with Gasteiger partial charge in [0.1, 0.15) is 0 Å². The van der Waals surface area contributed by atoms with Crippen molar-refractivity contribution >= 4 is 18.3 Å². The Morgan fingerprint density at radius 1 is 1.28 bits per heavy atom. The molecule has 0 saturated carbocycles. The van der Waals surface area contributed by atoms with Crippen molar-refractivity contribution in [3.63, 3.8) is 0 Å². The number of hydrogen-bond donors (Lipinski definition) is 2. The van der Waals surface area contributed by atoms with Crippen molar-refractivity contribution in [3.05, 3.63) is 17.7 Å². The number of rotatable bonds is 6. The number of piperidine rings is 1. The number of carbonyl (C=O) groups excluding carboxylic acids is 1. The van der Waals surface area contributed by atoms with E-state index in [0.717, 1.165) is 19.4 Å². The van der Waals surface area contributed by atoms with Crippen molar-refractivity contribution in [3.8, 4) is 17.2 Å². The first-order valence-electron chi connectivity index (χ1n) is 7.71. The van der Waals surface area contributed by atoms with Crippen LogP contribution in [0.4, 0.5) is 8.78 Å². The van der Waals surface area contributed by atoms with E-state index in [2.05, 4.69) is 15.4 Å². The van der Waals surface area contributed by atoms with E-state index >= 15 is 0 Å². The highest BCUT2D eigenvalue weighted by Gasteiger charge is 2.25. The number of carbonyl (C=O) groups is 1.